The summed E-state index contributed by atoms with van der Waals surface area (Å²) in [6.07, 6.45) is 2.09. The highest BCUT2D eigenvalue weighted by molar-refractivity contribution is 14.1. The lowest BCUT2D eigenvalue weighted by Crippen LogP contribution is -2.45. The third-order valence-electron chi connectivity index (χ3n) is 3.72. The number of carbonyl (C=O) groups is 1. The van der Waals surface area contributed by atoms with Crippen LogP contribution in [0.1, 0.15) is 37.0 Å². The number of benzene rings is 1. The Hall–Kier alpha value is -0.140. The van der Waals surface area contributed by atoms with E-state index in [1.54, 1.807) is 0 Å². The summed E-state index contributed by atoms with van der Waals surface area (Å²) in [6, 6.07) is 6.12. The second kappa shape index (κ2) is 7.92. The number of carbonyl (C=O) groups excluding carboxylic acids is 1. The first-order valence-corrected chi connectivity index (χ1v) is 9.31. The number of amides is 1. The standard InChI is InChI=1S/C16H22BrIN2O/c1-11(2)10-20-7-5-13(6-8-20)19-16(21)14-9-12(17)3-4-15(14)18/h3-4,9,11,13H,5-8,10H2,1-2H3,(H,19,21). The van der Waals surface area contributed by atoms with E-state index in [4.69, 9.17) is 0 Å². The van der Waals surface area contributed by atoms with Gasteiger partial charge in [-0.2, -0.15) is 0 Å². The fourth-order valence-corrected chi connectivity index (χ4v) is 3.65. The molecule has 0 radical (unpaired) electrons. The topological polar surface area (TPSA) is 32.3 Å². The van der Waals surface area contributed by atoms with Crippen LogP contribution in [0, 0.1) is 9.49 Å². The van der Waals surface area contributed by atoms with Crippen LogP contribution >= 0.6 is 38.5 Å². The molecule has 1 aromatic carbocycles. The summed E-state index contributed by atoms with van der Waals surface area (Å²) >= 11 is 5.64. The number of rotatable bonds is 4. The molecule has 1 aliphatic rings. The summed E-state index contributed by atoms with van der Waals surface area (Å²) in [4.78, 5) is 14.9. The van der Waals surface area contributed by atoms with E-state index in [2.05, 4.69) is 62.6 Å². The monoisotopic (exact) mass is 464 g/mol. The van der Waals surface area contributed by atoms with Crippen LogP contribution in [-0.4, -0.2) is 36.5 Å². The highest BCUT2D eigenvalue weighted by Crippen LogP contribution is 2.19. The van der Waals surface area contributed by atoms with Crippen LogP contribution in [0.2, 0.25) is 0 Å². The minimum Gasteiger partial charge on any atom is -0.349 e. The Kier molecular flexibility index (Phi) is 6.50. The molecule has 0 saturated carbocycles. The largest absolute Gasteiger partial charge is 0.349 e. The molecule has 1 aliphatic heterocycles. The predicted molar refractivity (Wildman–Crippen MR) is 98.6 cm³/mol. The molecule has 1 heterocycles. The SMILES string of the molecule is CC(C)CN1CCC(NC(=O)c2cc(Br)ccc2I)CC1. The van der Waals surface area contributed by atoms with Gasteiger partial charge in [0.2, 0.25) is 0 Å². The minimum atomic E-state index is 0.0445. The van der Waals surface area contributed by atoms with Crippen LogP contribution in [0.25, 0.3) is 0 Å². The molecule has 0 unspecified atom stereocenters. The fraction of sp³-hybridized carbons (Fsp3) is 0.562. The third-order valence-corrected chi connectivity index (χ3v) is 5.15. The second-order valence-corrected chi connectivity index (χ2v) is 8.14. The molecule has 0 bridgehead atoms. The summed E-state index contributed by atoms with van der Waals surface area (Å²) in [7, 11) is 0. The summed E-state index contributed by atoms with van der Waals surface area (Å²) in [5, 5.41) is 3.19. The molecule has 2 rings (SSSR count). The van der Waals surface area contributed by atoms with E-state index >= 15 is 0 Å². The summed E-state index contributed by atoms with van der Waals surface area (Å²) in [5.74, 6) is 0.752. The zero-order valence-corrected chi connectivity index (χ0v) is 16.3. The van der Waals surface area contributed by atoms with Crippen molar-refractivity contribution in [1.82, 2.24) is 10.2 Å². The summed E-state index contributed by atoms with van der Waals surface area (Å²) in [5.41, 5.74) is 0.759. The van der Waals surface area contributed by atoms with Gasteiger partial charge in [0.25, 0.3) is 5.91 Å². The molecule has 0 atom stereocenters. The number of halogens is 2. The van der Waals surface area contributed by atoms with E-state index in [0.29, 0.717) is 12.0 Å². The Morgan fingerprint density at radius 1 is 1.43 bits per heavy atom. The summed E-state index contributed by atoms with van der Waals surface area (Å²) in [6.45, 7) is 7.83. The molecule has 1 fully saturated rings. The van der Waals surface area contributed by atoms with Crippen LogP contribution in [0.3, 0.4) is 0 Å². The van der Waals surface area contributed by atoms with Gasteiger partial charge >= 0.3 is 0 Å². The van der Waals surface area contributed by atoms with Gasteiger partial charge in [-0.1, -0.05) is 29.8 Å². The average Bonchev–Trinajstić information content (AvgIpc) is 2.43. The lowest BCUT2D eigenvalue weighted by molar-refractivity contribution is 0.0906. The van der Waals surface area contributed by atoms with E-state index in [1.807, 2.05) is 18.2 Å². The molecule has 0 spiro atoms. The van der Waals surface area contributed by atoms with Crippen molar-refractivity contribution in [2.24, 2.45) is 5.92 Å². The Morgan fingerprint density at radius 3 is 2.71 bits per heavy atom. The molecule has 116 valence electrons. The highest BCUT2D eigenvalue weighted by atomic mass is 127. The molecular weight excluding hydrogens is 443 g/mol. The average molecular weight is 465 g/mol. The van der Waals surface area contributed by atoms with E-state index < -0.39 is 0 Å². The second-order valence-electron chi connectivity index (χ2n) is 6.07. The predicted octanol–water partition coefficient (Wildman–Crippen LogP) is 3.90. The maximum Gasteiger partial charge on any atom is 0.252 e. The molecule has 5 heteroatoms. The maximum atomic E-state index is 12.4. The quantitative estimate of drug-likeness (QED) is 0.685. The van der Waals surface area contributed by atoms with Crippen molar-refractivity contribution in [3.63, 3.8) is 0 Å². The normalized spacial score (nSPS) is 17.2. The molecule has 1 saturated heterocycles. The zero-order chi connectivity index (χ0) is 15.4. The minimum absolute atomic E-state index is 0.0445. The van der Waals surface area contributed by atoms with Crippen LogP contribution in [-0.2, 0) is 0 Å². The number of likely N-dealkylation sites (tertiary alicyclic amines) is 1. The Balaban J connectivity index is 1.88. The number of nitrogens with zero attached hydrogens (tertiary/aromatic N) is 1. The van der Waals surface area contributed by atoms with Gasteiger partial charge in [-0.15, -0.1) is 0 Å². The molecular formula is C16H22BrIN2O. The summed E-state index contributed by atoms with van der Waals surface area (Å²) < 4.78 is 1.94. The van der Waals surface area contributed by atoms with E-state index in [1.165, 1.54) is 0 Å². The lowest BCUT2D eigenvalue weighted by Gasteiger charge is -2.33. The fourth-order valence-electron chi connectivity index (χ4n) is 2.71. The van der Waals surface area contributed by atoms with Gasteiger partial charge in [0.05, 0.1) is 5.56 Å². The third kappa shape index (κ3) is 5.21. The van der Waals surface area contributed by atoms with Crippen LogP contribution < -0.4 is 5.32 Å². The Labute approximate surface area is 149 Å². The van der Waals surface area contributed by atoms with Crippen LogP contribution in [0.15, 0.2) is 22.7 Å². The molecule has 21 heavy (non-hydrogen) atoms. The molecule has 0 aliphatic carbocycles. The van der Waals surface area contributed by atoms with Gasteiger partial charge in [0.15, 0.2) is 0 Å². The van der Waals surface area contributed by atoms with Gasteiger partial charge in [-0.3, -0.25) is 4.79 Å². The smallest absolute Gasteiger partial charge is 0.252 e. The van der Waals surface area contributed by atoms with Crippen molar-refractivity contribution < 1.29 is 4.79 Å². The number of hydrogen-bond acceptors (Lipinski definition) is 2. The van der Waals surface area contributed by atoms with Gasteiger partial charge in [-0.05, 0) is 59.5 Å². The Bertz CT molecular complexity index is 499. The van der Waals surface area contributed by atoms with Crippen molar-refractivity contribution >= 4 is 44.4 Å². The van der Waals surface area contributed by atoms with Crippen molar-refractivity contribution in [3.8, 4) is 0 Å². The Morgan fingerprint density at radius 2 is 2.10 bits per heavy atom. The first-order valence-electron chi connectivity index (χ1n) is 7.44. The zero-order valence-electron chi connectivity index (χ0n) is 12.5. The van der Waals surface area contributed by atoms with Crippen LogP contribution in [0.4, 0.5) is 0 Å². The van der Waals surface area contributed by atoms with Crippen molar-refractivity contribution in [2.45, 2.75) is 32.7 Å². The van der Waals surface area contributed by atoms with Crippen molar-refractivity contribution in [3.05, 3.63) is 31.8 Å². The van der Waals surface area contributed by atoms with Gasteiger partial charge in [0, 0.05) is 33.7 Å². The first kappa shape index (κ1) is 17.2. The van der Waals surface area contributed by atoms with E-state index in [0.717, 1.165) is 46.1 Å². The van der Waals surface area contributed by atoms with Crippen molar-refractivity contribution in [2.75, 3.05) is 19.6 Å². The lowest BCUT2D eigenvalue weighted by atomic mass is 10.0. The van der Waals surface area contributed by atoms with Gasteiger partial charge < -0.3 is 10.2 Å². The highest BCUT2D eigenvalue weighted by Gasteiger charge is 2.22. The van der Waals surface area contributed by atoms with E-state index in [9.17, 15) is 4.79 Å². The van der Waals surface area contributed by atoms with Crippen molar-refractivity contribution in [1.29, 1.82) is 0 Å². The van der Waals surface area contributed by atoms with Gasteiger partial charge in [-0.25, -0.2) is 0 Å². The number of nitrogens with one attached hydrogen (secondary N) is 1. The van der Waals surface area contributed by atoms with Gasteiger partial charge in [0.1, 0.15) is 0 Å². The molecule has 1 aromatic rings. The number of hydrogen-bond donors (Lipinski definition) is 1. The number of piperidine rings is 1. The molecule has 1 amide bonds. The van der Waals surface area contributed by atoms with Crippen LogP contribution in [0.5, 0.6) is 0 Å². The maximum absolute atomic E-state index is 12.4. The molecule has 1 N–H and O–H groups in total. The first-order chi connectivity index (χ1) is 9.95. The molecule has 0 aromatic heterocycles. The molecule has 3 nitrogen and oxygen atoms in total. The van der Waals surface area contributed by atoms with E-state index in [-0.39, 0.29) is 5.91 Å².